The molecule has 0 fully saturated rings. The highest BCUT2D eigenvalue weighted by Gasteiger charge is 2.22. The molecule has 1 aliphatic heterocycles. The Bertz CT molecular complexity index is 779. The van der Waals surface area contributed by atoms with Crippen molar-refractivity contribution in [2.75, 3.05) is 13.2 Å². The first kappa shape index (κ1) is 12.4. The number of aromatic amines is 1. The van der Waals surface area contributed by atoms with Crippen LogP contribution in [0.15, 0.2) is 36.0 Å². The summed E-state index contributed by atoms with van der Waals surface area (Å²) in [5, 5.41) is 3.09. The normalized spacial score (nSPS) is 14.6. The Morgan fingerprint density at radius 1 is 1.43 bits per heavy atom. The molecular weight excluding hydrogens is 286 g/mol. The Labute approximate surface area is 125 Å². The van der Waals surface area contributed by atoms with Crippen LogP contribution >= 0.6 is 11.3 Å². The van der Waals surface area contributed by atoms with Gasteiger partial charge in [-0.05, 0) is 23.6 Å². The van der Waals surface area contributed by atoms with Gasteiger partial charge < -0.3 is 14.6 Å². The summed E-state index contributed by atoms with van der Waals surface area (Å²) in [6, 6.07) is 5.76. The molecule has 0 bridgehead atoms. The number of H-pyrrole nitrogens is 1. The fourth-order valence-electron chi connectivity index (χ4n) is 2.53. The largest absolute Gasteiger partial charge is 0.491 e. The van der Waals surface area contributed by atoms with Crippen LogP contribution in [-0.2, 0) is 6.54 Å². The number of fused-ring (bicyclic) bond motifs is 2. The van der Waals surface area contributed by atoms with E-state index in [0.29, 0.717) is 25.4 Å². The third kappa shape index (κ3) is 2.17. The number of aromatic nitrogens is 2. The minimum absolute atomic E-state index is 0.00120. The lowest BCUT2D eigenvalue weighted by Gasteiger charge is -2.18. The molecule has 6 heteroatoms. The lowest BCUT2D eigenvalue weighted by molar-refractivity contribution is 0.0728. The number of hydrogen-bond acceptors (Lipinski definition) is 4. The second-order valence-electron chi connectivity index (χ2n) is 4.95. The van der Waals surface area contributed by atoms with Crippen molar-refractivity contribution in [2.24, 2.45) is 0 Å². The van der Waals surface area contributed by atoms with Gasteiger partial charge in [-0.1, -0.05) is 0 Å². The molecule has 21 heavy (non-hydrogen) atoms. The molecular formula is C15H13N3O2S. The van der Waals surface area contributed by atoms with Gasteiger partial charge in [0.1, 0.15) is 22.9 Å². The van der Waals surface area contributed by atoms with E-state index in [9.17, 15) is 4.79 Å². The smallest absolute Gasteiger partial charge is 0.270 e. The third-order valence-corrected chi connectivity index (χ3v) is 4.45. The number of thiophene rings is 1. The number of ether oxygens (including phenoxy) is 1. The number of pyridine rings is 1. The third-order valence-electron chi connectivity index (χ3n) is 3.60. The zero-order chi connectivity index (χ0) is 14.2. The fourth-order valence-corrected chi connectivity index (χ4v) is 3.31. The van der Waals surface area contributed by atoms with E-state index in [0.717, 1.165) is 21.5 Å². The SMILES string of the molecule is O=C(c1cc2ccsc2[nH]1)N1CCOc2ccncc2C1. The van der Waals surface area contributed by atoms with Crippen molar-refractivity contribution in [3.63, 3.8) is 0 Å². The Kier molecular flexibility index (Phi) is 2.89. The Hall–Kier alpha value is -2.34. The highest BCUT2D eigenvalue weighted by Crippen LogP contribution is 2.25. The average molecular weight is 299 g/mol. The van der Waals surface area contributed by atoms with Gasteiger partial charge in [0.15, 0.2) is 0 Å². The van der Waals surface area contributed by atoms with Gasteiger partial charge in [-0.3, -0.25) is 9.78 Å². The van der Waals surface area contributed by atoms with E-state index in [1.807, 2.05) is 23.6 Å². The first-order valence-corrected chi connectivity index (χ1v) is 7.60. The maximum absolute atomic E-state index is 12.7. The van der Waals surface area contributed by atoms with E-state index in [1.54, 1.807) is 28.6 Å². The molecule has 0 aliphatic carbocycles. The lowest BCUT2D eigenvalue weighted by atomic mass is 10.2. The Morgan fingerprint density at radius 3 is 3.29 bits per heavy atom. The molecule has 0 saturated carbocycles. The van der Waals surface area contributed by atoms with Gasteiger partial charge in [0.25, 0.3) is 5.91 Å². The van der Waals surface area contributed by atoms with Crippen molar-refractivity contribution < 1.29 is 9.53 Å². The van der Waals surface area contributed by atoms with E-state index in [-0.39, 0.29) is 5.91 Å². The van der Waals surface area contributed by atoms with Crippen LogP contribution in [-0.4, -0.2) is 33.9 Å². The molecule has 0 aromatic carbocycles. The molecule has 0 spiro atoms. The molecule has 0 atom stereocenters. The van der Waals surface area contributed by atoms with Gasteiger partial charge in [0.05, 0.1) is 13.1 Å². The highest BCUT2D eigenvalue weighted by molar-refractivity contribution is 7.16. The van der Waals surface area contributed by atoms with Crippen LogP contribution in [0.2, 0.25) is 0 Å². The van der Waals surface area contributed by atoms with Crippen molar-refractivity contribution in [3.8, 4) is 5.75 Å². The van der Waals surface area contributed by atoms with Gasteiger partial charge >= 0.3 is 0 Å². The second-order valence-corrected chi connectivity index (χ2v) is 5.86. The number of nitrogens with zero attached hydrogens (tertiary/aromatic N) is 2. The molecule has 0 saturated heterocycles. The van der Waals surface area contributed by atoms with E-state index >= 15 is 0 Å². The summed E-state index contributed by atoms with van der Waals surface area (Å²) >= 11 is 1.60. The molecule has 106 valence electrons. The summed E-state index contributed by atoms with van der Waals surface area (Å²) in [7, 11) is 0. The van der Waals surface area contributed by atoms with Crippen molar-refractivity contribution >= 4 is 27.5 Å². The fraction of sp³-hybridized carbons (Fsp3) is 0.200. The predicted molar refractivity (Wildman–Crippen MR) is 80.6 cm³/mol. The van der Waals surface area contributed by atoms with Gasteiger partial charge in [-0.15, -0.1) is 11.3 Å². The first-order valence-electron chi connectivity index (χ1n) is 6.72. The first-order chi connectivity index (χ1) is 10.3. The van der Waals surface area contributed by atoms with Gasteiger partial charge in [0, 0.05) is 23.3 Å². The minimum Gasteiger partial charge on any atom is -0.491 e. The quantitative estimate of drug-likeness (QED) is 0.751. The van der Waals surface area contributed by atoms with Crippen LogP contribution in [0.1, 0.15) is 16.1 Å². The van der Waals surface area contributed by atoms with Gasteiger partial charge in [-0.25, -0.2) is 0 Å². The molecule has 4 rings (SSSR count). The number of hydrogen-bond donors (Lipinski definition) is 1. The summed E-state index contributed by atoms with van der Waals surface area (Å²) < 4.78 is 5.67. The molecule has 5 nitrogen and oxygen atoms in total. The number of carbonyl (C=O) groups is 1. The Morgan fingerprint density at radius 2 is 2.38 bits per heavy atom. The number of amides is 1. The second kappa shape index (κ2) is 4.89. The molecule has 1 amide bonds. The van der Waals surface area contributed by atoms with E-state index in [2.05, 4.69) is 9.97 Å². The van der Waals surface area contributed by atoms with Gasteiger partial charge in [0.2, 0.25) is 0 Å². The zero-order valence-electron chi connectivity index (χ0n) is 11.2. The molecule has 3 aromatic heterocycles. The lowest BCUT2D eigenvalue weighted by Crippen LogP contribution is -2.32. The maximum atomic E-state index is 12.7. The Balaban J connectivity index is 1.63. The molecule has 1 N–H and O–H groups in total. The summed E-state index contributed by atoms with van der Waals surface area (Å²) in [5.41, 5.74) is 1.57. The summed E-state index contributed by atoms with van der Waals surface area (Å²) in [4.78, 5) is 22.8. The molecule has 1 aliphatic rings. The maximum Gasteiger partial charge on any atom is 0.270 e. The highest BCUT2D eigenvalue weighted by atomic mass is 32.1. The number of rotatable bonds is 1. The van der Waals surface area contributed by atoms with Crippen LogP contribution in [0.25, 0.3) is 10.2 Å². The van der Waals surface area contributed by atoms with Crippen molar-refractivity contribution in [1.29, 1.82) is 0 Å². The summed E-state index contributed by atoms with van der Waals surface area (Å²) in [6.45, 7) is 1.59. The van der Waals surface area contributed by atoms with E-state index < -0.39 is 0 Å². The number of carbonyl (C=O) groups excluding carboxylic acids is 1. The summed E-state index contributed by atoms with van der Waals surface area (Å²) in [5.74, 6) is 0.812. The van der Waals surface area contributed by atoms with Crippen LogP contribution in [0.3, 0.4) is 0 Å². The van der Waals surface area contributed by atoms with E-state index in [4.69, 9.17) is 4.74 Å². The molecule has 0 unspecified atom stereocenters. The van der Waals surface area contributed by atoms with Crippen LogP contribution in [0, 0.1) is 0 Å². The van der Waals surface area contributed by atoms with Crippen molar-refractivity contribution in [2.45, 2.75) is 6.54 Å². The zero-order valence-corrected chi connectivity index (χ0v) is 12.0. The molecule has 0 radical (unpaired) electrons. The molecule has 4 heterocycles. The topological polar surface area (TPSA) is 58.2 Å². The van der Waals surface area contributed by atoms with E-state index in [1.165, 1.54) is 0 Å². The summed E-state index contributed by atoms with van der Waals surface area (Å²) in [6.07, 6.45) is 3.46. The standard InChI is InChI=1S/C15H13N3O2S/c19-15(12-7-10-2-6-21-14(10)17-12)18-4-5-20-13-1-3-16-8-11(13)9-18/h1-3,6-8,17H,4-5,9H2. The van der Waals surface area contributed by atoms with Crippen molar-refractivity contribution in [1.82, 2.24) is 14.9 Å². The average Bonchev–Trinajstić information content (AvgIpc) is 3.01. The number of nitrogens with one attached hydrogen (secondary N) is 1. The predicted octanol–water partition coefficient (Wildman–Crippen LogP) is 2.66. The van der Waals surface area contributed by atoms with Crippen LogP contribution < -0.4 is 4.74 Å². The minimum atomic E-state index is -0.00120. The monoisotopic (exact) mass is 299 g/mol. The molecule has 3 aromatic rings. The van der Waals surface area contributed by atoms with Gasteiger partial charge in [-0.2, -0.15) is 0 Å². The van der Waals surface area contributed by atoms with Crippen LogP contribution in [0.5, 0.6) is 5.75 Å². The van der Waals surface area contributed by atoms with Crippen molar-refractivity contribution in [3.05, 3.63) is 47.2 Å². The van der Waals surface area contributed by atoms with Crippen LogP contribution in [0.4, 0.5) is 0 Å².